The van der Waals surface area contributed by atoms with Gasteiger partial charge in [0.2, 0.25) is 5.91 Å². The smallest absolute Gasteiger partial charge is 0.328 e. The molecule has 0 radical (unpaired) electrons. The van der Waals surface area contributed by atoms with Crippen LogP contribution in [0.1, 0.15) is 11.1 Å². The average molecular weight is 251 g/mol. The monoisotopic (exact) mass is 251 g/mol. The maximum absolute atomic E-state index is 11.5. The van der Waals surface area contributed by atoms with E-state index in [2.05, 4.69) is 10.1 Å². The van der Waals surface area contributed by atoms with Crippen LogP contribution in [0.5, 0.6) is 0 Å². The molecule has 1 aromatic carbocycles. The quantitative estimate of drug-likeness (QED) is 0.732. The summed E-state index contributed by atoms with van der Waals surface area (Å²) in [5, 5.41) is 11.1. The average Bonchev–Trinajstić information content (AvgIpc) is 2.39. The van der Waals surface area contributed by atoms with Crippen molar-refractivity contribution >= 4 is 11.9 Å². The normalized spacial score (nSPS) is 11.7. The van der Waals surface area contributed by atoms with Crippen molar-refractivity contribution in [2.45, 2.75) is 19.4 Å². The standard InChI is InChI=1S/C13H17NO4/c1-9-3-5-10(6-4-9)7-11(13(17)18-2)14-12(16)8-15/h3-6,11,15H,7-8H2,1-2H3,(H,14,16)/t11-/m0/s1. The minimum atomic E-state index is -0.780. The van der Waals surface area contributed by atoms with Crippen LogP contribution in [-0.2, 0) is 20.7 Å². The number of amides is 1. The van der Waals surface area contributed by atoms with Gasteiger partial charge in [0.05, 0.1) is 7.11 Å². The fraction of sp³-hybridized carbons (Fsp3) is 0.385. The Hall–Kier alpha value is -1.88. The Morgan fingerprint density at radius 3 is 2.44 bits per heavy atom. The van der Waals surface area contributed by atoms with E-state index in [1.807, 2.05) is 31.2 Å². The van der Waals surface area contributed by atoms with Gasteiger partial charge in [0.1, 0.15) is 12.6 Å². The molecule has 18 heavy (non-hydrogen) atoms. The summed E-state index contributed by atoms with van der Waals surface area (Å²) < 4.78 is 4.62. The van der Waals surface area contributed by atoms with E-state index in [9.17, 15) is 9.59 Å². The highest BCUT2D eigenvalue weighted by molar-refractivity contribution is 5.85. The number of nitrogens with one attached hydrogen (secondary N) is 1. The number of aryl methyl sites for hydroxylation is 1. The minimum absolute atomic E-state index is 0.332. The number of aliphatic hydroxyl groups is 1. The van der Waals surface area contributed by atoms with Crippen LogP contribution in [0.15, 0.2) is 24.3 Å². The van der Waals surface area contributed by atoms with Crippen LogP contribution in [0.2, 0.25) is 0 Å². The van der Waals surface area contributed by atoms with Crippen molar-refractivity contribution in [3.05, 3.63) is 35.4 Å². The molecule has 0 spiro atoms. The van der Waals surface area contributed by atoms with Crippen molar-refractivity contribution in [2.24, 2.45) is 0 Å². The first-order valence-corrected chi connectivity index (χ1v) is 5.60. The van der Waals surface area contributed by atoms with E-state index >= 15 is 0 Å². The van der Waals surface area contributed by atoms with Crippen molar-refractivity contribution in [1.29, 1.82) is 0 Å². The van der Waals surface area contributed by atoms with Crippen molar-refractivity contribution in [3.63, 3.8) is 0 Å². The molecular weight excluding hydrogens is 234 g/mol. The molecule has 0 aromatic heterocycles. The van der Waals surface area contributed by atoms with Gasteiger partial charge in [0.25, 0.3) is 0 Å². The Bertz CT molecular complexity index is 414. The predicted octanol–water partition coefficient (Wildman–Crippen LogP) is 0.188. The fourth-order valence-corrected chi connectivity index (χ4v) is 1.54. The molecule has 0 fully saturated rings. The maximum atomic E-state index is 11.5. The summed E-state index contributed by atoms with van der Waals surface area (Å²) in [6, 6.07) is 6.85. The third kappa shape index (κ3) is 4.18. The number of hydrogen-bond donors (Lipinski definition) is 2. The lowest BCUT2D eigenvalue weighted by molar-refractivity contribution is -0.145. The number of benzene rings is 1. The first kappa shape index (κ1) is 14.2. The van der Waals surface area contributed by atoms with Crippen molar-refractivity contribution < 1.29 is 19.4 Å². The zero-order valence-corrected chi connectivity index (χ0v) is 10.5. The van der Waals surface area contributed by atoms with Crippen LogP contribution in [0.25, 0.3) is 0 Å². The van der Waals surface area contributed by atoms with E-state index < -0.39 is 24.5 Å². The highest BCUT2D eigenvalue weighted by Crippen LogP contribution is 2.07. The Morgan fingerprint density at radius 1 is 1.33 bits per heavy atom. The van der Waals surface area contributed by atoms with Crippen molar-refractivity contribution in [3.8, 4) is 0 Å². The van der Waals surface area contributed by atoms with Gasteiger partial charge in [-0.05, 0) is 12.5 Å². The lowest BCUT2D eigenvalue weighted by Crippen LogP contribution is -2.44. The van der Waals surface area contributed by atoms with Gasteiger partial charge < -0.3 is 15.2 Å². The van der Waals surface area contributed by atoms with Crippen LogP contribution in [-0.4, -0.2) is 36.7 Å². The first-order chi connectivity index (χ1) is 8.56. The molecule has 0 saturated carbocycles. The second-order valence-corrected chi connectivity index (χ2v) is 3.99. The molecule has 2 N–H and O–H groups in total. The molecule has 1 aromatic rings. The van der Waals surface area contributed by atoms with Gasteiger partial charge in [-0.15, -0.1) is 0 Å². The summed E-state index contributed by atoms with van der Waals surface area (Å²) in [6.45, 7) is 1.32. The summed E-state index contributed by atoms with van der Waals surface area (Å²) in [6.07, 6.45) is 0.332. The van der Waals surface area contributed by atoms with Gasteiger partial charge in [0, 0.05) is 6.42 Å². The Labute approximate surface area is 106 Å². The van der Waals surface area contributed by atoms with Crippen molar-refractivity contribution in [1.82, 2.24) is 5.32 Å². The predicted molar refractivity (Wildman–Crippen MR) is 65.9 cm³/mol. The first-order valence-electron chi connectivity index (χ1n) is 5.60. The van der Waals surface area contributed by atoms with Crippen molar-refractivity contribution in [2.75, 3.05) is 13.7 Å². The highest BCUT2D eigenvalue weighted by atomic mass is 16.5. The maximum Gasteiger partial charge on any atom is 0.328 e. The summed E-state index contributed by atoms with van der Waals surface area (Å²) in [7, 11) is 1.26. The lowest BCUT2D eigenvalue weighted by Gasteiger charge is -2.16. The largest absolute Gasteiger partial charge is 0.467 e. The Balaban J connectivity index is 2.74. The van der Waals surface area contributed by atoms with E-state index in [0.717, 1.165) is 11.1 Å². The number of carbonyl (C=O) groups is 2. The summed E-state index contributed by atoms with van der Waals surface area (Å²) in [5.74, 6) is -1.13. The number of esters is 1. The molecule has 0 aliphatic heterocycles. The number of methoxy groups -OCH3 is 1. The summed E-state index contributed by atoms with van der Waals surface area (Å²) >= 11 is 0. The topological polar surface area (TPSA) is 75.6 Å². The van der Waals surface area contributed by atoms with Crippen LogP contribution in [0.3, 0.4) is 0 Å². The molecule has 0 aliphatic carbocycles. The molecule has 98 valence electrons. The number of ether oxygens (including phenoxy) is 1. The molecule has 1 rings (SSSR count). The molecule has 0 unspecified atom stereocenters. The second kappa shape index (κ2) is 6.76. The van der Waals surface area contributed by atoms with Crippen LogP contribution in [0.4, 0.5) is 0 Å². The zero-order chi connectivity index (χ0) is 13.5. The number of aliphatic hydroxyl groups excluding tert-OH is 1. The fourth-order valence-electron chi connectivity index (χ4n) is 1.54. The van der Waals surface area contributed by atoms with Gasteiger partial charge in [-0.25, -0.2) is 4.79 Å². The third-order valence-corrected chi connectivity index (χ3v) is 2.52. The number of rotatable bonds is 5. The Kier molecular flexibility index (Phi) is 5.32. The van der Waals surface area contributed by atoms with Gasteiger partial charge in [-0.2, -0.15) is 0 Å². The molecule has 1 atom stereocenters. The second-order valence-electron chi connectivity index (χ2n) is 3.99. The van der Waals surface area contributed by atoms with E-state index in [0.29, 0.717) is 6.42 Å². The van der Waals surface area contributed by atoms with E-state index in [1.165, 1.54) is 7.11 Å². The van der Waals surface area contributed by atoms with Gasteiger partial charge in [0.15, 0.2) is 0 Å². The van der Waals surface area contributed by atoms with E-state index in [1.54, 1.807) is 0 Å². The van der Waals surface area contributed by atoms with Crippen LogP contribution < -0.4 is 5.32 Å². The zero-order valence-electron chi connectivity index (χ0n) is 10.5. The molecule has 0 aliphatic rings. The summed E-state index contributed by atoms with van der Waals surface area (Å²) in [5.41, 5.74) is 2.03. The molecule has 0 saturated heterocycles. The molecule has 5 heteroatoms. The molecule has 0 bridgehead atoms. The number of carbonyl (C=O) groups excluding carboxylic acids is 2. The molecule has 5 nitrogen and oxygen atoms in total. The van der Waals surface area contributed by atoms with E-state index in [4.69, 9.17) is 5.11 Å². The number of hydrogen-bond acceptors (Lipinski definition) is 4. The van der Waals surface area contributed by atoms with Crippen LogP contribution >= 0.6 is 0 Å². The molecule has 1 amide bonds. The van der Waals surface area contributed by atoms with E-state index in [-0.39, 0.29) is 0 Å². The van der Waals surface area contributed by atoms with Gasteiger partial charge in [-0.3, -0.25) is 4.79 Å². The lowest BCUT2D eigenvalue weighted by atomic mass is 10.0. The third-order valence-electron chi connectivity index (χ3n) is 2.52. The highest BCUT2D eigenvalue weighted by Gasteiger charge is 2.21. The SMILES string of the molecule is COC(=O)[C@H](Cc1ccc(C)cc1)NC(=O)CO. The minimum Gasteiger partial charge on any atom is -0.467 e. The molecular formula is C13H17NO4. The van der Waals surface area contributed by atoms with Crippen LogP contribution in [0, 0.1) is 6.92 Å². The Morgan fingerprint density at radius 2 is 1.94 bits per heavy atom. The van der Waals surface area contributed by atoms with Gasteiger partial charge >= 0.3 is 5.97 Å². The van der Waals surface area contributed by atoms with Gasteiger partial charge in [-0.1, -0.05) is 29.8 Å². The summed E-state index contributed by atoms with van der Waals surface area (Å²) in [4.78, 5) is 22.6. The molecule has 0 heterocycles.